The van der Waals surface area contributed by atoms with Crippen molar-refractivity contribution in [3.63, 3.8) is 0 Å². The number of nitrogens with two attached hydrogens (primary N) is 1. The molecule has 0 aliphatic rings. The number of anilines is 1. The van der Waals surface area contributed by atoms with Crippen LogP contribution < -0.4 is 11.1 Å². The van der Waals surface area contributed by atoms with Crippen LogP contribution >= 0.6 is 0 Å². The summed E-state index contributed by atoms with van der Waals surface area (Å²) in [6.07, 6.45) is 1.65. The number of nitrogens with zero attached hydrogens (tertiary/aromatic N) is 1. The summed E-state index contributed by atoms with van der Waals surface area (Å²) >= 11 is 0. The molecule has 2 amide bonds. The Labute approximate surface area is 64.4 Å². The van der Waals surface area contributed by atoms with Crippen LogP contribution in [0.5, 0.6) is 0 Å². The number of amides is 2. The third-order valence-electron chi connectivity index (χ3n) is 1.26. The Morgan fingerprint density at radius 1 is 1.73 bits per heavy atom. The maximum atomic E-state index is 10.4. The topological polar surface area (TPSA) is 68.0 Å². The Morgan fingerprint density at radius 3 is 3.00 bits per heavy atom. The van der Waals surface area contributed by atoms with Gasteiger partial charge in [-0.25, -0.2) is 4.79 Å². The van der Waals surface area contributed by atoms with E-state index < -0.39 is 6.03 Å². The van der Waals surface area contributed by atoms with Crippen LogP contribution in [0.15, 0.2) is 18.3 Å². The highest BCUT2D eigenvalue weighted by Gasteiger charge is 1.98. The highest BCUT2D eigenvalue weighted by atomic mass is 16.2. The second-order valence-corrected chi connectivity index (χ2v) is 2.13. The van der Waals surface area contributed by atoms with Gasteiger partial charge in [0, 0.05) is 6.20 Å². The Hall–Kier alpha value is -1.58. The van der Waals surface area contributed by atoms with E-state index in [9.17, 15) is 4.79 Å². The van der Waals surface area contributed by atoms with Gasteiger partial charge in [0.2, 0.25) is 0 Å². The quantitative estimate of drug-likeness (QED) is 0.625. The van der Waals surface area contributed by atoms with Crippen LogP contribution in [-0.4, -0.2) is 11.0 Å². The molecule has 0 radical (unpaired) electrons. The van der Waals surface area contributed by atoms with E-state index in [0.29, 0.717) is 5.69 Å². The molecule has 1 heterocycles. The lowest BCUT2D eigenvalue weighted by atomic mass is 10.3. The Bertz CT molecular complexity index is 272. The van der Waals surface area contributed by atoms with Crippen molar-refractivity contribution >= 4 is 11.7 Å². The predicted molar refractivity (Wildman–Crippen MR) is 42.2 cm³/mol. The number of aryl methyl sites for hydroxylation is 1. The molecule has 4 heteroatoms. The smallest absolute Gasteiger partial charge is 0.316 e. The summed E-state index contributed by atoms with van der Waals surface area (Å²) in [5.41, 5.74) is 6.32. The van der Waals surface area contributed by atoms with E-state index in [1.54, 1.807) is 25.3 Å². The summed E-state index contributed by atoms with van der Waals surface area (Å²) in [6.45, 7) is 1.80. The molecule has 58 valence electrons. The van der Waals surface area contributed by atoms with Crippen LogP contribution in [0, 0.1) is 6.92 Å². The van der Waals surface area contributed by atoms with Crippen molar-refractivity contribution in [2.45, 2.75) is 6.92 Å². The standard InChI is InChI=1S/C7H9N3O/c1-5-6(10-7(8)11)3-2-4-9-5/h2-4H,1H3,(H3,8,10,11). The van der Waals surface area contributed by atoms with Crippen molar-refractivity contribution in [3.05, 3.63) is 24.0 Å². The number of nitrogens with one attached hydrogen (secondary N) is 1. The molecule has 1 aromatic heterocycles. The van der Waals surface area contributed by atoms with E-state index in [4.69, 9.17) is 5.73 Å². The highest BCUT2D eigenvalue weighted by molar-refractivity contribution is 5.88. The van der Waals surface area contributed by atoms with Crippen LogP contribution in [0.3, 0.4) is 0 Å². The molecule has 1 aromatic rings. The maximum absolute atomic E-state index is 10.4. The first kappa shape index (κ1) is 7.53. The van der Waals surface area contributed by atoms with Gasteiger partial charge < -0.3 is 11.1 Å². The lowest BCUT2D eigenvalue weighted by Gasteiger charge is -2.02. The molecular weight excluding hydrogens is 142 g/mol. The first-order valence-corrected chi connectivity index (χ1v) is 3.18. The van der Waals surface area contributed by atoms with Crippen molar-refractivity contribution in [1.29, 1.82) is 0 Å². The number of rotatable bonds is 1. The first-order chi connectivity index (χ1) is 5.20. The van der Waals surface area contributed by atoms with Crippen molar-refractivity contribution in [3.8, 4) is 0 Å². The number of hydrogen-bond donors (Lipinski definition) is 2. The molecule has 0 aliphatic heterocycles. The Kier molecular flexibility index (Phi) is 2.06. The zero-order valence-corrected chi connectivity index (χ0v) is 6.16. The number of carbonyl (C=O) groups excluding carboxylic acids is 1. The predicted octanol–water partition coefficient (Wildman–Crippen LogP) is 0.881. The number of aromatic nitrogens is 1. The molecule has 0 unspecified atom stereocenters. The van der Waals surface area contributed by atoms with Gasteiger partial charge in [0.15, 0.2) is 0 Å². The third kappa shape index (κ3) is 1.93. The molecule has 0 bridgehead atoms. The minimum Gasteiger partial charge on any atom is -0.351 e. The molecule has 0 aliphatic carbocycles. The fourth-order valence-corrected chi connectivity index (χ4v) is 0.749. The molecule has 3 N–H and O–H groups in total. The second-order valence-electron chi connectivity index (χ2n) is 2.13. The fraction of sp³-hybridized carbons (Fsp3) is 0.143. The van der Waals surface area contributed by atoms with Crippen molar-refractivity contribution in [2.24, 2.45) is 5.73 Å². The zero-order valence-electron chi connectivity index (χ0n) is 6.16. The van der Waals surface area contributed by atoms with Crippen molar-refractivity contribution in [1.82, 2.24) is 4.98 Å². The number of carbonyl (C=O) groups is 1. The largest absolute Gasteiger partial charge is 0.351 e. The SMILES string of the molecule is Cc1ncccc1NC(N)=O. The van der Waals surface area contributed by atoms with Crippen LogP contribution in [0.2, 0.25) is 0 Å². The Morgan fingerprint density at radius 2 is 2.45 bits per heavy atom. The molecule has 0 spiro atoms. The lowest BCUT2D eigenvalue weighted by molar-refractivity contribution is 0.259. The summed E-state index contributed by atoms with van der Waals surface area (Å²) in [4.78, 5) is 14.4. The van der Waals surface area contributed by atoms with Crippen molar-refractivity contribution in [2.75, 3.05) is 5.32 Å². The minimum atomic E-state index is -0.568. The monoisotopic (exact) mass is 151 g/mol. The van der Waals surface area contributed by atoms with Gasteiger partial charge in [-0.3, -0.25) is 4.98 Å². The van der Waals surface area contributed by atoms with Crippen LogP contribution in [0.1, 0.15) is 5.69 Å². The van der Waals surface area contributed by atoms with Gasteiger partial charge >= 0.3 is 6.03 Å². The first-order valence-electron chi connectivity index (χ1n) is 3.18. The van der Waals surface area contributed by atoms with Crippen LogP contribution in [0.25, 0.3) is 0 Å². The second kappa shape index (κ2) is 3.01. The molecule has 0 aromatic carbocycles. The van der Waals surface area contributed by atoms with Gasteiger partial charge in [-0.15, -0.1) is 0 Å². The van der Waals surface area contributed by atoms with Gasteiger partial charge in [-0.2, -0.15) is 0 Å². The average Bonchev–Trinajstić information content (AvgIpc) is 1.93. The van der Waals surface area contributed by atoms with E-state index in [1.807, 2.05) is 0 Å². The van der Waals surface area contributed by atoms with E-state index in [1.165, 1.54) is 0 Å². The summed E-state index contributed by atoms with van der Waals surface area (Å²) in [7, 11) is 0. The lowest BCUT2D eigenvalue weighted by Crippen LogP contribution is -2.19. The van der Waals surface area contributed by atoms with Crippen molar-refractivity contribution < 1.29 is 4.79 Å². The van der Waals surface area contributed by atoms with Crippen LogP contribution in [-0.2, 0) is 0 Å². The van der Waals surface area contributed by atoms with E-state index in [0.717, 1.165) is 5.69 Å². The van der Waals surface area contributed by atoms with Crippen LogP contribution in [0.4, 0.5) is 10.5 Å². The Balaban J connectivity index is 2.86. The summed E-state index contributed by atoms with van der Waals surface area (Å²) in [5, 5.41) is 2.45. The molecule has 1 rings (SSSR count). The fourth-order valence-electron chi connectivity index (χ4n) is 0.749. The third-order valence-corrected chi connectivity index (χ3v) is 1.26. The summed E-state index contributed by atoms with van der Waals surface area (Å²) in [6, 6.07) is 2.91. The van der Waals surface area contributed by atoms with E-state index in [2.05, 4.69) is 10.3 Å². The maximum Gasteiger partial charge on any atom is 0.316 e. The molecule has 4 nitrogen and oxygen atoms in total. The summed E-state index contributed by atoms with van der Waals surface area (Å²) in [5.74, 6) is 0. The average molecular weight is 151 g/mol. The zero-order chi connectivity index (χ0) is 8.27. The van der Waals surface area contributed by atoms with Gasteiger partial charge in [0.05, 0.1) is 11.4 Å². The minimum absolute atomic E-state index is 0.568. The highest BCUT2D eigenvalue weighted by Crippen LogP contribution is 2.08. The van der Waals surface area contributed by atoms with E-state index in [-0.39, 0.29) is 0 Å². The van der Waals surface area contributed by atoms with Gasteiger partial charge in [0.1, 0.15) is 0 Å². The summed E-state index contributed by atoms with van der Waals surface area (Å²) < 4.78 is 0. The van der Waals surface area contributed by atoms with Gasteiger partial charge in [-0.1, -0.05) is 0 Å². The number of pyridine rings is 1. The van der Waals surface area contributed by atoms with E-state index >= 15 is 0 Å². The number of urea groups is 1. The molecular formula is C7H9N3O. The molecule has 0 saturated carbocycles. The normalized spacial score (nSPS) is 9.18. The molecule has 0 atom stereocenters. The van der Waals surface area contributed by atoms with Gasteiger partial charge in [0.25, 0.3) is 0 Å². The molecule has 11 heavy (non-hydrogen) atoms. The van der Waals surface area contributed by atoms with Gasteiger partial charge in [-0.05, 0) is 19.1 Å². The number of hydrogen-bond acceptors (Lipinski definition) is 2. The molecule has 0 saturated heterocycles. The number of primary amides is 1. The molecule has 0 fully saturated rings.